The van der Waals surface area contributed by atoms with Crippen LogP contribution < -0.4 is 0 Å². The maximum absolute atomic E-state index is 2.80. The van der Waals surface area contributed by atoms with Gasteiger partial charge in [-0.1, -0.05) is 19.8 Å². The summed E-state index contributed by atoms with van der Waals surface area (Å²) >= 11 is 0. The van der Waals surface area contributed by atoms with Crippen molar-refractivity contribution in [3.05, 3.63) is 0 Å². The van der Waals surface area contributed by atoms with E-state index in [4.69, 9.17) is 0 Å². The molecule has 0 N–H and O–H groups in total. The molecule has 1 aliphatic carbocycles. The van der Waals surface area contributed by atoms with Gasteiger partial charge in [0.25, 0.3) is 0 Å². The summed E-state index contributed by atoms with van der Waals surface area (Å²) in [6.07, 6.45) is 10.2. The second-order valence-corrected chi connectivity index (χ2v) is 7.07. The molecule has 3 aliphatic rings. The van der Waals surface area contributed by atoms with Crippen LogP contribution in [0.3, 0.4) is 0 Å². The average Bonchev–Trinajstić information content (AvgIpc) is 2.71. The molecule has 104 valence electrons. The van der Waals surface area contributed by atoms with Crippen LogP contribution in [0.1, 0.15) is 51.9 Å². The molecule has 0 aromatic rings. The summed E-state index contributed by atoms with van der Waals surface area (Å²) in [6, 6.07) is 0.898. The normalized spacial score (nSPS) is 39.5. The number of rotatable bonds is 2. The highest BCUT2D eigenvalue weighted by Gasteiger charge is 2.30. The minimum Gasteiger partial charge on any atom is -0.301 e. The Balaban J connectivity index is 1.49. The fourth-order valence-corrected chi connectivity index (χ4v) is 4.33. The predicted octanol–water partition coefficient (Wildman–Crippen LogP) is 2.98. The van der Waals surface area contributed by atoms with Crippen molar-refractivity contribution < 1.29 is 0 Å². The van der Waals surface area contributed by atoms with Gasteiger partial charge >= 0.3 is 0 Å². The van der Waals surface area contributed by atoms with Gasteiger partial charge in [-0.05, 0) is 63.6 Å². The molecule has 1 atom stereocenters. The van der Waals surface area contributed by atoms with E-state index in [9.17, 15) is 0 Å². The Morgan fingerprint density at radius 3 is 2.50 bits per heavy atom. The highest BCUT2D eigenvalue weighted by molar-refractivity contribution is 4.86. The average molecular weight is 250 g/mol. The molecule has 2 heterocycles. The fourth-order valence-electron chi connectivity index (χ4n) is 4.33. The van der Waals surface area contributed by atoms with Crippen LogP contribution in [0.15, 0.2) is 0 Å². The van der Waals surface area contributed by atoms with Crippen molar-refractivity contribution in [2.24, 2.45) is 11.8 Å². The minimum atomic E-state index is 0.898. The SMILES string of the molecule is CC1CCC(CN2CCCN3CCCC3C2)CC1. The maximum atomic E-state index is 2.80. The van der Waals surface area contributed by atoms with Crippen LogP contribution in [-0.4, -0.2) is 48.6 Å². The molecular formula is C16H30N2. The Morgan fingerprint density at radius 2 is 1.67 bits per heavy atom. The monoisotopic (exact) mass is 250 g/mol. The summed E-state index contributed by atoms with van der Waals surface area (Å²) in [5.74, 6) is 2.00. The molecule has 2 aliphatic heterocycles. The molecule has 2 heteroatoms. The van der Waals surface area contributed by atoms with Gasteiger partial charge in [-0.3, -0.25) is 4.90 Å². The van der Waals surface area contributed by atoms with Crippen molar-refractivity contribution in [2.75, 3.05) is 32.7 Å². The van der Waals surface area contributed by atoms with Gasteiger partial charge in [-0.2, -0.15) is 0 Å². The molecule has 2 saturated heterocycles. The molecule has 1 saturated carbocycles. The Bertz CT molecular complexity index is 258. The summed E-state index contributed by atoms with van der Waals surface area (Å²) in [5.41, 5.74) is 0. The van der Waals surface area contributed by atoms with Crippen molar-refractivity contribution in [3.8, 4) is 0 Å². The van der Waals surface area contributed by atoms with E-state index in [1.54, 1.807) is 0 Å². The van der Waals surface area contributed by atoms with E-state index in [1.807, 2.05) is 0 Å². The molecule has 0 spiro atoms. The Hall–Kier alpha value is -0.0800. The lowest BCUT2D eigenvalue weighted by Gasteiger charge is -2.32. The maximum Gasteiger partial charge on any atom is 0.0223 e. The first-order valence-corrected chi connectivity index (χ1v) is 8.27. The minimum absolute atomic E-state index is 0.898. The van der Waals surface area contributed by atoms with Gasteiger partial charge in [0.05, 0.1) is 0 Å². The number of hydrogen-bond donors (Lipinski definition) is 0. The third kappa shape index (κ3) is 3.08. The highest BCUT2D eigenvalue weighted by atomic mass is 15.3. The zero-order valence-corrected chi connectivity index (χ0v) is 12.1. The topological polar surface area (TPSA) is 6.48 Å². The zero-order chi connectivity index (χ0) is 12.4. The van der Waals surface area contributed by atoms with Crippen LogP contribution >= 0.6 is 0 Å². The molecule has 1 unspecified atom stereocenters. The smallest absolute Gasteiger partial charge is 0.0223 e. The van der Waals surface area contributed by atoms with Crippen LogP contribution in [0.4, 0.5) is 0 Å². The van der Waals surface area contributed by atoms with Crippen LogP contribution in [0.5, 0.6) is 0 Å². The molecule has 18 heavy (non-hydrogen) atoms. The quantitative estimate of drug-likeness (QED) is 0.743. The molecule has 0 amide bonds. The molecule has 0 radical (unpaired) electrons. The second kappa shape index (κ2) is 5.92. The third-order valence-corrected chi connectivity index (χ3v) is 5.54. The fraction of sp³-hybridized carbons (Fsp3) is 1.00. The Morgan fingerprint density at radius 1 is 0.889 bits per heavy atom. The van der Waals surface area contributed by atoms with Gasteiger partial charge in [-0.15, -0.1) is 0 Å². The Labute approximate surface area is 113 Å². The molecular weight excluding hydrogens is 220 g/mol. The molecule has 2 nitrogen and oxygen atoms in total. The Kier molecular flexibility index (Phi) is 4.25. The highest BCUT2D eigenvalue weighted by Crippen LogP contribution is 2.30. The van der Waals surface area contributed by atoms with E-state index in [0.717, 1.165) is 17.9 Å². The van der Waals surface area contributed by atoms with E-state index in [-0.39, 0.29) is 0 Å². The number of fused-ring (bicyclic) bond motifs is 1. The van der Waals surface area contributed by atoms with Gasteiger partial charge in [0.2, 0.25) is 0 Å². The lowest BCUT2D eigenvalue weighted by molar-refractivity contribution is 0.169. The van der Waals surface area contributed by atoms with Gasteiger partial charge in [0.15, 0.2) is 0 Å². The van der Waals surface area contributed by atoms with E-state index in [2.05, 4.69) is 16.7 Å². The van der Waals surface area contributed by atoms with Gasteiger partial charge in [0.1, 0.15) is 0 Å². The first kappa shape index (κ1) is 12.9. The standard InChI is InChI=1S/C16H30N2/c1-14-5-7-15(8-6-14)12-17-9-3-11-18-10-2-4-16(18)13-17/h14-16H,2-13H2,1H3. The van der Waals surface area contributed by atoms with Gasteiger partial charge in [-0.25, -0.2) is 0 Å². The lowest BCUT2D eigenvalue weighted by atomic mass is 9.83. The number of hydrogen-bond acceptors (Lipinski definition) is 2. The van der Waals surface area contributed by atoms with E-state index < -0.39 is 0 Å². The summed E-state index contributed by atoms with van der Waals surface area (Å²) in [4.78, 5) is 5.56. The van der Waals surface area contributed by atoms with Crippen LogP contribution in [0.2, 0.25) is 0 Å². The molecule has 3 rings (SSSR count). The van der Waals surface area contributed by atoms with Crippen LogP contribution in [0, 0.1) is 11.8 Å². The summed E-state index contributed by atoms with van der Waals surface area (Å²) in [6.45, 7) is 9.29. The van der Waals surface area contributed by atoms with Crippen LogP contribution in [0.25, 0.3) is 0 Å². The van der Waals surface area contributed by atoms with E-state index in [1.165, 1.54) is 77.7 Å². The molecule has 0 aromatic carbocycles. The summed E-state index contributed by atoms with van der Waals surface area (Å²) in [7, 11) is 0. The largest absolute Gasteiger partial charge is 0.301 e. The number of nitrogens with zero attached hydrogens (tertiary/aromatic N) is 2. The molecule has 0 bridgehead atoms. The summed E-state index contributed by atoms with van der Waals surface area (Å²) < 4.78 is 0. The van der Waals surface area contributed by atoms with Crippen molar-refractivity contribution in [1.82, 2.24) is 9.80 Å². The summed E-state index contributed by atoms with van der Waals surface area (Å²) in [5, 5.41) is 0. The van der Waals surface area contributed by atoms with Crippen LogP contribution in [-0.2, 0) is 0 Å². The molecule has 0 aromatic heterocycles. The van der Waals surface area contributed by atoms with E-state index >= 15 is 0 Å². The second-order valence-electron chi connectivity index (χ2n) is 7.07. The van der Waals surface area contributed by atoms with Gasteiger partial charge < -0.3 is 4.90 Å². The van der Waals surface area contributed by atoms with Crippen molar-refractivity contribution >= 4 is 0 Å². The predicted molar refractivity (Wildman–Crippen MR) is 76.8 cm³/mol. The third-order valence-electron chi connectivity index (χ3n) is 5.54. The van der Waals surface area contributed by atoms with Gasteiger partial charge in [0, 0.05) is 19.1 Å². The van der Waals surface area contributed by atoms with Crippen molar-refractivity contribution in [3.63, 3.8) is 0 Å². The zero-order valence-electron chi connectivity index (χ0n) is 12.1. The van der Waals surface area contributed by atoms with E-state index in [0.29, 0.717) is 0 Å². The first-order chi connectivity index (χ1) is 8.81. The molecule has 3 fully saturated rings. The van der Waals surface area contributed by atoms with Crippen molar-refractivity contribution in [1.29, 1.82) is 0 Å². The van der Waals surface area contributed by atoms with Crippen molar-refractivity contribution in [2.45, 2.75) is 57.9 Å². The lowest BCUT2D eigenvalue weighted by Crippen LogP contribution is -2.39. The first-order valence-electron chi connectivity index (χ1n) is 8.27.